The van der Waals surface area contributed by atoms with Gasteiger partial charge in [-0.3, -0.25) is 9.48 Å². The number of aromatic nitrogens is 2. The molecule has 0 aliphatic heterocycles. The Hall–Kier alpha value is -3.14. The highest BCUT2D eigenvalue weighted by Crippen LogP contribution is 2.18. The van der Waals surface area contributed by atoms with E-state index in [1.807, 2.05) is 84.5 Å². The first-order chi connectivity index (χ1) is 12.3. The number of aryl methyl sites for hydroxylation is 1. The van der Waals surface area contributed by atoms with Crippen LogP contribution in [0.3, 0.4) is 0 Å². The van der Waals surface area contributed by atoms with Crippen LogP contribution in [0.2, 0.25) is 0 Å². The van der Waals surface area contributed by atoms with E-state index < -0.39 is 0 Å². The summed E-state index contributed by atoms with van der Waals surface area (Å²) in [5.74, 6) is -0.0979. The summed E-state index contributed by atoms with van der Waals surface area (Å²) in [4.78, 5) is 12.8. The minimum Gasteiger partial charge on any atom is -0.348 e. The van der Waals surface area contributed by atoms with Gasteiger partial charge in [0.1, 0.15) is 0 Å². The van der Waals surface area contributed by atoms with Crippen molar-refractivity contribution in [2.45, 2.75) is 20.0 Å². The average Bonchev–Trinajstić information content (AvgIpc) is 3.14. The number of hydrogen-bond donors (Lipinski definition) is 1. The van der Waals surface area contributed by atoms with Crippen molar-refractivity contribution in [1.82, 2.24) is 15.1 Å². The quantitative estimate of drug-likeness (QED) is 0.552. The molecule has 126 valence electrons. The van der Waals surface area contributed by atoms with Crippen molar-refractivity contribution < 1.29 is 4.79 Å². The van der Waals surface area contributed by atoms with E-state index in [0.29, 0.717) is 12.1 Å². The standard InChI is InChI=1S/C21H21N3O/c1-2-24-16-18(15-23-24)14-22-21(25)20(19-11-7-4-8-12-19)13-17-9-5-3-6-10-17/h3-13,15-16H,2,14H2,1H3,(H,22,25)/b20-13-. The molecule has 1 heterocycles. The van der Waals surface area contributed by atoms with Crippen LogP contribution in [-0.2, 0) is 17.9 Å². The molecule has 1 N–H and O–H groups in total. The van der Waals surface area contributed by atoms with E-state index in [2.05, 4.69) is 10.4 Å². The molecule has 25 heavy (non-hydrogen) atoms. The van der Waals surface area contributed by atoms with E-state index in [4.69, 9.17) is 0 Å². The molecule has 0 saturated carbocycles. The third-order valence-electron chi connectivity index (χ3n) is 3.90. The molecule has 0 aliphatic carbocycles. The molecule has 0 spiro atoms. The molecule has 0 saturated heterocycles. The molecule has 0 fully saturated rings. The van der Waals surface area contributed by atoms with Gasteiger partial charge in [0.05, 0.1) is 6.20 Å². The summed E-state index contributed by atoms with van der Waals surface area (Å²) in [7, 11) is 0. The third-order valence-corrected chi connectivity index (χ3v) is 3.90. The molecule has 0 radical (unpaired) electrons. The Morgan fingerprint density at radius 3 is 2.40 bits per heavy atom. The lowest BCUT2D eigenvalue weighted by molar-refractivity contribution is -0.115. The largest absolute Gasteiger partial charge is 0.348 e. The zero-order valence-corrected chi connectivity index (χ0v) is 14.2. The highest BCUT2D eigenvalue weighted by atomic mass is 16.1. The van der Waals surface area contributed by atoms with E-state index in [1.54, 1.807) is 6.20 Å². The van der Waals surface area contributed by atoms with Crippen molar-refractivity contribution in [2.75, 3.05) is 0 Å². The monoisotopic (exact) mass is 331 g/mol. The van der Waals surface area contributed by atoms with E-state index in [1.165, 1.54) is 0 Å². The van der Waals surface area contributed by atoms with Crippen molar-refractivity contribution in [3.05, 3.63) is 89.7 Å². The summed E-state index contributed by atoms with van der Waals surface area (Å²) in [5.41, 5.74) is 3.53. The molecule has 3 rings (SSSR count). The van der Waals surface area contributed by atoms with Gasteiger partial charge in [-0.05, 0) is 24.1 Å². The zero-order valence-electron chi connectivity index (χ0n) is 14.2. The number of rotatable bonds is 6. The van der Waals surface area contributed by atoms with Crippen molar-refractivity contribution >= 4 is 17.6 Å². The number of nitrogens with zero attached hydrogens (tertiary/aromatic N) is 2. The number of nitrogens with one attached hydrogen (secondary N) is 1. The van der Waals surface area contributed by atoms with Crippen LogP contribution in [0.25, 0.3) is 11.6 Å². The SMILES string of the molecule is CCn1cc(CNC(=O)/C(=C\c2ccccc2)c2ccccc2)cn1. The highest BCUT2D eigenvalue weighted by Gasteiger charge is 2.12. The van der Waals surface area contributed by atoms with Gasteiger partial charge in [-0.2, -0.15) is 5.10 Å². The predicted molar refractivity (Wildman–Crippen MR) is 101 cm³/mol. The number of carbonyl (C=O) groups is 1. The summed E-state index contributed by atoms with van der Waals surface area (Å²) in [6.07, 6.45) is 5.65. The van der Waals surface area contributed by atoms with Gasteiger partial charge in [0.15, 0.2) is 0 Å². The lowest BCUT2D eigenvalue weighted by atomic mass is 10.0. The van der Waals surface area contributed by atoms with Crippen molar-refractivity contribution in [3.8, 4) is 0 Å². The van der Waals surface area contributed by atoms with Crippen LogP contribution in [0.1, 0.15) is 23.6 Å². The Morgan fingerprint density at radius 2 is 1.76 bits per heavy atom. The fraction of sp³-hybridized carbons (Fsp3) is 0.143. The Morgan fingerprint density at radius 1 is 1.08 bits per heavy atom. The van der Waals surface area contributed by atoms with Gasteiger partial charge in [-0.15, -0.1) is 0 Å². The minimum absolute atomic E-state index is 0.0979. The minimum atomic E-state index is -0.0979. The maximum absolute atomic E-state index is 12.8. The Bertz CT molecular complexity index is 851. The summed E-state index contributed by atoms with van der Waals surface area (Å²) >= 11 is 0. The Kier molecular flexibility index (Phi) is 5.42. The van der Waals surface area contributed by atoms with Crippen LogP contribution in [0, 0.1) is 0 Å². The molecule has 1 aromatic heterocycles. The molecule has 0 atom stereocenters. The molecule has 4 nitrogen and oxygen atoms in total. The van der Waals surface area contributed by atoms with E-state index in [0.717, 1.165) is 23.2 Å². The summed E-state index contributed by atoms with van der Waals surface area (Å²) < 4.78 is 1.85. The van der Waals surface area contributed by atoms with Gasteiger partial charge in [0, 0.05) is 30.4 Å². The summed E-state index contributed by atoms with van der Waals surface area (Å²) in [6, 6.07) is 19.6. The van der Waals surface area contributed by atoms with Gasteiger partial charge in [0.2, 0.25) is 0 Å². The smallest absolute Gasteiger partial charge is 0.252 e. The number of hydrogen-bond acceptors (Lipinski definition) is 2. The molecular weight excluding hydrogens is 310 g/mol. The normalized spacial score (nSPS) is 11.3. The summed E-state index contributed by atoms with van der Waals surface area (Å²) in [6.45, 7) is 3.31. The highest BCUT2D eigenvalue weighted by molar-refractivity contribution is 6.24. The van der Waals surface area contributed by atoms with Crippen LogP contribution in [-0.4, -0.2) is 15.7 Å². The molecule has 0 aliphatic rings. The fourth-order valence-corrected chi connectivity index (χ4v) is 2.56. The fourth-order valence-electron chi connectivity index (χ4n) is 2.56. The van der Waals surface area contributed by atoms with E-state index >= 15 is 0 Å². The van der Waals surface area contributed by atoms with Crippen LogP contribution in [0.4, 0.5) is 0 Å². The van der Waals surface area contributed by atoms with Crippen molar-refractivity contribution in [1.29, 1.82) is 0 Å². The lowest BCUT2D eigenvalue weighted by Crippen LogP contribution is -2.23. The van der Waals surface area contributed by atoms with Gasteiger partial charge >= 0.3 is 0 Å². The van der Waals surface area contributed by atoms with E-state index in [-0.39, 0.29) is 5.91 Å². The zero-order chi connectivity index (χ0) is 17.5. The first-order valence-electron chi connectivity index (χ1n) is 8.38. The third kappa shape index (κ3) is 4.44. The van der Waals surface area contributed by atoms with Crippen LogP contribution < -0.4 is 5.32 Å². The first kappa shape index (κ1) is 16.7. The Labute approximate surface area is 147 Å². The molecule has 3 aromatic rings. The van der Waals surface area contributed by atoms with Crippen molar-refractivity contribution in [3.63, 3.8) is 0 Å². The van der Waals surface area contributed by atoms with Gasteiger partial charge in [0.25, 0.3) is 5.91 Å². The second-order valence-electron chi connectivity index (χ2n) is 5.72. The van der Waals surface area contributed by atoms with Crippen LogP contribution in [0.15, 0.2) is 73.1 Å². The second kappa shape index (κ2) is 8.11. The molecule has 0 unspecified atom stereocenters. The summed E-state index contributed by atoms with van der Waals surface area (Å²) in [5, 5.41) is 7.23. The van der Waals surface area contributed by atoms with Gasteiger partial charge in [-0.1, -0.05) is 60.7 Å². The second-order valence-corrected chi connectivity index (χ2v) is 5.72. The molecular formula is C21H21N3O. The average molecular weight is 331 g/mol. The molecule has 4 heteroatoms. The molecule has 1 amide bonds. The molecule has 2 aromatic carbocycles. The van der Waals surface area contributed by atoms with Gasteiger partial charge < -0.3 is 5.32 Å². The maximum atomic E-state index is 12.8. The first-order valence-corrected chi connectivity index (χ1v) is 8.38. The lowest BCUT2D eigenvalue weighted by Gasteiger charge is -2.09. The number of benzene rings is 2. The number of carbonyl (C=O) groups excluding carboxylic acids is 1. The number of amides is 1. The molecule has 0 bridgehead atoms. The van der Waals surface area contributed by atoms with Crippen molar-refractivity contribution in [2.24, 2.45) is 0 Å². The van der Waals surface area contributed by atoms with Crippen LogP contribution in [0.5, 0.6) is 0 Å². The van der Waals surface area contributed by atoms with Crippen LogP contribution >= 0.6 is 0 Å². The topological polar surface area (TPSA) is 46.9 Å². The Balaban J connectivity index is 1.81. The van der Waals surface area contributed by atoms with E-state index in [9.17, 15) is 4.79 Å². The maximum Gasteiger partial charge on any atom is 0.252 e. The van der Waals surface area contributed by atoms with Gasteiger partial charge in [-0.25, -0.2) is 0 Å². The predicted octanol–water partition coefficient (Wildman–Crippen LogP) is 3.76.